The van der Waals surface area contributed by atoms with Gasteiger partial charge in [0.1, 0.15) is 17.3 Å². The molecule has 5 nitrogen and oxygen atoms in total. The third kappa shape index (κ3) is 2.40. The van der Waals surface area contributed by atoms with Crippen LogP contribution in [0.25, 0.3) is 0 Å². The van der Waals surface area contributed by atoms with Crippen molar-refractivity contribution in [2.45, 2.75) is 19.4 Å². The van der Waals surface area contributed by atoms with Gasteiger partial charge in [-0.1, -0.05) is 18.5 Å². The molecule has 92 valence electrons. The molecule has 2 heterocycles. The molecule has 2 rings (SSSR count). The first-order chi connectivity index (χ1) is 8.13. The molecule has 17 heavy (non-hydrogen) atoms. The number of aromatic nitrogens is 2. The molecule has 0 amide bonds. The standard InChI is InChI=1S/C11H14ClN3O2/c1-7-4-15(3-2-9(7)17)11-8(5-16)10(12)13-6-14-11/h5-7,9,17H,2-4H2,1H3. The van der Waals surface area contributed by atoms with Crippen LogP contribution in [0.1, 0.15) is 23.7 Å². The minimum absolute atomic E-state index is 0.150. The van der Waals surface area contributed by atoms with Crippen molar-refractivity contribution < 1.29 is 9.90 Å². The zero-order valence-corrected chi connectivity index (χ0v) is 10.3. The van der Waals surface area contributed by atoms with E-state index in [1.54, 1.807) is 0 Å². The second kappa shape index (κ2) is 4.98. The lowest BCUT2D eigenvalue weighted by Crippen LogP contribution is -2.42. The average molecular weight is 256 g/mol. The van der Waals surface area contributed by atoms with Crippen molar-refractivity contribution in [1.82, 2.24) is 9.97 Å². The highest BCUT2D eigenvalue weighted by Crippen LogP contribution is 2.26. The van der Waals surface area contributed by atoms with Crippen LogP contribution in [0.4, 0.5) is 5.82 Å². The molecule has 2 unspecified atom stereocenters. The van der Waals surface area contributed by atoms with E-state index in [-0.39, 0.29) is 17.2 Å². The second-order valence-corrected chi connectivity index (χ2v) is 4.66. The maximum atomic E-state index is 11.0. The molecule has 0 spiro atoms. The number of aliphatic hydroxyl groups excluding tert-OH is 1. The molecule has 1 saturated heterocycles. The fourth-order valence-corrected chi connectivity index (χ4v) is 2.22. The molecule has 1 aliphatic heterocycles. The van der Waals surface area contributed by atoms with E-state index in [2.05, 4.69) is 9.97 Å². The molecular weight excluding hydrogens is 242 g/mol. The number of rotatable bonds is 2. The Morgan fingerprint density at radius 3 is 3.00 bits per heavy atom. The summed E-state index contributed by atoms with van der Waals surface area (Å²) < 4.78 is 0. The average Bonchev–Trinajstić information content (AvgIpc) is 2.32. The van der Waals surface area contributed by atoms with Gasteiger partial charge in [-0.05, 0) is 12.3 Å². The summed E-state index contributed by atoms with van der Waals surface area (Å²) in [6, 6.07) is 0. The number of anilines is 1. The highest BCUT2D eigenvalue weighted by Gasteiger charge is 2.26. The van der Waals surface area contributed by atoms with Gasteiger partial charge in [0.05, 0.1) is 11.7 Å². The highest BCUT2D eigenvalue weighted by molar-refractivity contribution is 6.32. The molecule has 0 bridgehead atoms. The molecule has 1 N–H and O–H groups in total. The Morgan fingerprint density at radius 1 is 1.59 bits per heavy atom. The summed E-state index contributed by atoms with van der Waals surface area (Å²) in [6.07, 6.45) is 2.40. The quantitative estimate of drug-likeness (QED) is 0.634. The Balaban J connectivity index is 2.28. The topological polar surface area (TPSA) is 66.3 Å². The SMILES string of the molecule is CC1CN(c2ncnc(Cl)c2C=O)CCC1O. The summed E-state index contributed by atoms with van der Waals surface area (Å²) >= 11 is 5.86. The predicted octanol–water partition coefficient (Wildman–Crippen LogP) is 1.15. The van der Waals surface area contributed by atoms with E-state index in [0.29, 0.717) is 37.2 Å². The molecule has 0 aromatic carbocycles. The first-order valence-electron chi connectivity index (χ1n) is 5.52. The molecular formula is C11H14ClN3O2. The monoisotopic (exact) mass is 255 g/mol. The van der Waals surface area contributed by atoms with Gasteiger partial charge in [-0.25, -0.2) is 9.97 Å². The highest BCUT2D eigenvalue weighted by atomic mass is 35.5. The summed E-state index contributed by atoms with van der Waals surface area (Å²) in [6.45, 7) is 3.30. The van der Waals surface area contributed by atoms with Crippen molar-refractivity contribution in [2.24, 2.45) is 5.92 Å². The molecule has 0 radical (unpaired) electrons. The van der Waals surface area contributed by atoms with Crippen LogP contribution < -0.4 is 4.90 Å². The van der Waals surface area contributed by atoms with Crippen molar-refractivity contribution in [2.75, 3.05) is 18.0 Å². The largest absolute Gasteiger partial charge is 0.393 e. The van der Waals surface area contributed by atoms with E-state index in [1.165, 1.54) is 6.33 Å². The molecule has 1 aliphatic rings. The van der Waals surface area contributed by atoms with Gasteiger partial charge in [-0.3, -0.25) is 4.79 Å². The van der Waals surface area contributed by atoms with Crippen molar-refractivity contribution >= 4 is 23.7 Å². The molecule has 1 fully saturated rings. The predicted molar refractivity (Wildman–Crippen MR) is 64.4 cm³/mol. The van der Waals surface area contributed by atoms with Gasteiger partial charge in [-0.15, -0.1) is 0 Å². The fraction of sp³-hybridized carbons (Fsp3) is 0.545. The lowest BCUT2D eigenvalue weighted by Gasteiger charge is -2.35. The summed E-state index contributed by atoms with van der Waals surface area (Å²) in [7, 11) is 0. The zero-order valence-electron chi connectivity index (χ0n) is 9.51. The number of halogens is 1. The summed E-state index contributed by atoms with van der Waals surface area (Å²) in [5.74, 6) is 0.704. The third-order valence-corrected chi connectivity index (χ3v) is 3.39. The third-order valence-electron chi connectivity index (χ3n) is 3.09. The van der Waals surface area contributed by atoms with E-state index in [0.717, 1.165) is 0 Å². The Morgan fingerprint density at radius 2 is 2.35 bits per heavy atom. The van der Waals surface area contributed by atoms with Crippen LogP contribution in [0, 0.1) is 5.92 Å². The number of piperidine rings is 1. The van der Waals surface area contributed by atoms with Crippen LogP contribution in [-0.2, 0) is 0 Å². The van der Waals surface area contributed by atoms with E-state index in [1.807, 2.05) is 11.8 Å². The first-order valence-corrected chi connectivity index (χ1v) is 5.90. The Kier molecular flexibility index (Phi) is 3.59. The first kappa shape index (κ1) is 12.3. The van der Waals surface area contributed by atoms with E-state index in [9.17, 15) is 9.90 Å². The van der Waals surface area contributed by atoms with Gasteiger partial charge in [-0.2, -0.15) is 0 Å². The number of carbonyl (C=O) groups is 1. The number of carbonyl (C=O) groups excluding carboxylic acids is 1. The van der Waals surface area contributed by atoms with E-state index >= 15 is 0 Å². The summed E-state index contributed by atoms with van der Waals surface area (Å²) in [5, 5.41) is 9.84. The van der Waals surface area contributed by atoms with Crippen LogP contribution in [0.5, 0.6) is 0 Å². The lowest BCUT2D eigenvalue weighted by atomic mass is 9.96. The Labute approximate surface area is 104 Å². The maximum Gasteiger partial charge on any atom is 0.156 e. The van der Waals surface area contributed by atoms with Gasteiger partial charge in [0, 0.05) is 13.1 Å². The summed E-state index contributed by atoms with van der Waals surface area (Å²) in [5.41, 5.74) is 0.317. The number of hydrogen-bond donors (Lipinski definition) is 1. The van der Waals surface area contributed by atoms with Gasteiger partial charge >= 0.3 is 0 Å². The van der Waals surface area contributed by atoms with Gasteiger partial charge < -0.3 is 10.0 Å². The van der Waals surface area contributed by atoms with Gasteiger partial charge in [0.15, 0.2) is 6.29 Å². The van der Waals surface area contributed by atoms with Crippen molar-refractivity contribution in [3.05, 3.63) is 17.0 Å². The van der Waals surface area contributed by atoms with Crippen LogP contribution in [-0.4, -0.2) is 40.6 Å². The molecule has 0 saturated carbocycles. The second-order valence-electron chi connectivity index (χ2n) is 4.30. The Hall–Kier alpha value is -1.20. The number of aldehydes is 1. The van der Waals surface area contributed by atoms with Crippen molar-refractivity contribution in [3.8, 4) is 0 Å². The zero-order chi connectivity index (χ0) is 12.4. The van der Waals surface area contributed by atoms with Crippen LogP contribution in [0.3, 0.4) is 0 Å². The Bertz CT molecular complexity index is 427. The van der Waals surface area contributed by atoms with E-state index in [4.69, 9.17) is 11.6 Å². The van der Waals surface area contributed by atoms with Crippen LogP contribution in [0.15, 0.2) is 6.33 Å². The molecule has 1 aromatic heterocycles. The minimum Gasteiger partial charge on any atom is -0.393 e. The van der Waals surface area contributed by atoms with E-state index < -0.39 is 0 Å². The van der Waals surface area contributed by atoms with Gasteiger partial charge in [0.2, 0.25) is 0 Å². The maximum absolute atomic E-state index is 11.0. The normalized spacial score (nSPS) is 24.8. The molecule has 1 aromatic rings. The number of hydrogen-bond acceptors (Lipinski definition) is 5. The van der Waals surface area contributed by atoms with Crippen LogP contribution in [0.2, 0.25) is 5.15 Å². The molecule has 2 atom stereocenters. The molecule has 0 aliphatic carbocycles. The number of nitrogens with zero attached hydrogens (tertiary/aromatic N) is 3. The summed E-state index contributed by atoms with van der Waals surface area (Å²) in [4.78, 5) is 20.9. The van der Waals surface area contributed by atoms with Gasteiger partial charge in [0.25, 0.3) is 0 Å². The fourth-order valence-electron chi connectivity index (χ4n) is 2.04. The van der Waals surface area contributed by atoms with Crippen LogP contribution >= 0.6 is 11.6 Å². The smallest absolute Gasteiger partial charge is 0.156 e. The molecule has 6 heteroatoms. The van der Waals surface area contributed by atoms with Crippen molar-refractivity contribution in [1.29, 1.82) is 0 Å². The van der Waals surface area contributed by atoms with Crippen molar-refractivity contribution in [3.63, 3.8) is 0 Å². The number of aliphatic hydroxyl groups is 1. The minimum atomic E-state index is -0.289. The lowest BCUT2D eigenvalue weighted by molar-refractivity contribution is 0.0968.